The predicted octanol–water partition coefficient (Wildman–Crippen LogP) is 5.27. The van der Waals surface area contributed by atoms with Crippen LogP contribution < -0.4 is 0 Å². The molecule has 0 aromatic carbocycles. The molecular weight excluding hydrogens is 336 g/mol. The summed E-state index contributed by atoms with van der Waals surface area (Å²) in [6.45, 7) is 0. The highest BCUT2D eigenvalue weighted by atomic mass is 16.8. The van der Waals surface area contributed by atoms with E-state index in [1.54, 1.807) is 0 Å². The summed E-state index contributed by atoms with van der Waals surface area (Å²) in [6.07, 6.45) is 11.6. The van der Waals surface area contributed by atoms with Crippen LogP contribution in [0.4, 0.5) is 9.59 Å². The number of carbonyl (C=O) groups excluding carboxylic acids is 2. The molecule has 26 heavy (non-hydrogen) atoms. The topological polar surface area (TPSA) is 71.1 Å². The summed E-state index contributed by atoms with van der Waals surface area (Å²) in [4.78, 5) is 24.2. The Morgan fingerprint density at radius 1 is 0.462 bits per heavy atom. The van der Waals surface area contributed by atoms with Gasteiger partial charge in [0.05, 0.1) is 0 Å². The van der Waals surface area contributed by atoms with Gasteiger partial charge in [0, 0.05) is 0 Å². The second kappa shape index (κ2) is 10.0. The van der Waals surface area contributed by atoms with Crippen LogP contribution in [-0.2, 0) is 18.9 Å². The van der Waals surface area contributed by atoms with Crippen LogP contribution >= 0.6 is 0 Å². The van der Waals surface area contributed by atoms with Crippen LogP contribution in [0, 0.1) is 0 Å². The van der Waals surface area contributed by atoms with Gasteiger partial charge in [0.2, 0.25) is 0 Å². The van der Waals surface area contributed by atoms with E-state index in [0.29, 0.717) is 12.8 Å². The lowest BCUT2D eigenvalue weighted by atomic mass is 9.94. The van der Waals surface area contributed by atoms with Crippen molar-refractivity contribution < 1.29 is 28.5 Å². The minimum absolute atomic E-state index is 0.0320. The normalized spacial score (nSPS) is 28.2. The summed E-state index contributed by atoms with van der Waals surface area (Å²) in [5.41, 5.74) is 0. The van der Waals surface area contributed by atoms with Gasteiger partial charge in [0.1, 0.15) is 24.4 Å². The van der Waals surface area contributed by atoms with Gasteiger partial charge in [-0.05, 0) is 77.0 Å². The van der Waals surface area contributed by atoms with Crippen molar-refractivity contribution in [3.05, 3.63) is 0 Å². The highest BCUT2D eigenvalue weighted by Crippen LogP contribution is 2.27. The molecule has 0 bridgehead atoms. The first-order valence-electron chi connectivity index (χ1n) is 10.5. The van der Waals surface area contributed by atoms with Crippen LogP contribution in [-0.4, -0.2) is 36.7 Å². The lowest BCUT2D eigenvalue weighted by molar-refractivity contribution is -0.0863. The van der Waals surface area contributed by atoms with E-state index in [2.05, 4.69) is 0 Å². The quantitative estimate of drug-likeness (QED) is 0.630. The number of hydrogen-bond acceptors (Lipinski definition) is 6. The molecule has 0 heterocycles. The smallest absolute Gasteiger partial charge is 0.431 e. The molecule has 0 aliphatic heterocycles. The first-order valence-corrected chi connectivity index (χ1v) is 10.5. The highest BCUT2D eigenvalue weighted by Gasteiger charge is 2.34. The van der Waals surface area contributed by atoms with E-state index in [1.807, 2.05) is 0 Å². The molecule has 0 amide bonds. The van der Waals surface area contributed by atoms with E-state index in [0.717, 1.165) is 64.2 Å². The Hall–Kier alpha value is -1.46. The fourth-order valence-corrected chi connectivity index (χ4v) is 4.27. The van der Waals surface area contributed by atoms with Gasteiger partial charge in [-0.1, -0.05) is 12.8 Å². The second-order valence-electron chi connectivity index (χ2n) is 7.85. The molecule has 0 aromatic heterocycles. The molecule has 3 fully saturated rings. The van der Waals surface area contributed by atoms with E-state index in [9.17, 15) is 9.59 Å². The maximum absolute atomic E-state index is 12.1. The Labute approximate surface area is 155 Å². The number of ether oxygens (including phenoxy) is 4. The van der Waals surface area contributed by atoms with Crippen molar-refractivity contribution >= 4 is 12.3 Å². The van der Waals surface area contributed by atoms with Gasteiger partial charge in [-0.3, -0.25) is 0 Å². The summed E-state index contributed by atoms with van der Waals surface area (Å²) >= 11 is 0. The molecular formula is C20H32O6. The van der Waals surface area contributed by atoms with Crippen molar-refractivity contribution in [2.45, 2.75) is 114 Å². The third-order valence-corrected chi connectivity index (χ3v) is 5.77. The van der Waals surface area contributed by atoms with Gasteiger partial charge >= 0.3 is 12.3 Å². The molecule has 2 unspecified atom stereocenters. The van der Waals surface area contributed by atoms with Crippen molar-refractivity contribution in [2.75, 3.05) is 0 Å². The lowest BCUT2D eigenvalue weighted by Crippen LogP contribution is -2.39. The Bertz CT molecular complexity index is 411. The molecule has 3 aliphatic rings. The van der Waals surface area contributed by atoms with E-state index in [1.165, 1.54) is 12.8 Å². The van der Waals surface area contributed by atoms with Crippen LogP contribution in [0.5, 0.6) is 0 Å². The number of carbonyl (C=O) groups is 2. The Kier molecular flexibility index (Phi) is 7.44. The molecule has 6 heteroatoms. The summed E-state index contributed by atoms with van der Waals surface area (Å²) < 4.78 is 21.9. The maximum Gasteiger partial charge on any atom is 0.508 e. The maximum atomic E-state index is 12.1. The minimum atomic E-state index is -0.627. The number of hydrogen-bond donors (Lipinski definition) is 0. The fourth-order valence-electron chi connectivity index (χ4n) is 4.27. The van der Waals surface area contributed by atoms with Crippen molar-refractivity contribution in [1.29, 1.82) is 0 Å². The summed E-state index contributed by atoms with van der Waals surface area (Å²) in [6, 6.07) is 0. The first kappa shape index (κ1) is 19.3. The van der Waals surface area contributed by atoms with Gasteiger partial charge in [-0.2, -0.15) is 0 Å². The van der Waals surface area contributed by atoms with Crippen LogP contribution in [0.2, 0.25) is 0 Å². The molecule has 2 atom stereocenters. The van der Waals surface area contributed by atoms with Crippen molar-refractivity contribution in [2.24, 2.45) is 0 Å². The standard InChI is InChI=1S/C20H32O6/c21-19(23-15-9-3-1-4-10-15)25-17-13-7-8-14-18(17)26-20(22)24-16-11-5-2-6-12-16/h15-18H,1-14H2. The van der Waals surface area contributed by atoms with Crippen LogP contribution in [0.25, 0.3) is 0 Å². The zero-order valence-electron chi connectivity index (χ0n) is 15.7. The van der Waals surface area contributed by atoms with E-state index < -0.39 is 24.5 Å². The monoisotopic (exact) mass is 368 g/mol. The largest absolute Gasteiger partial charge is 0.508 e. The first-order chi connectivity index (χ1) is 12.7. The molecule has 6 nitrogen and oxygen atoms in total. The molecule has 148 valence electrons. The van der Waals surface area contributed by atoms with Gasteiger partial charge in [-0.25, -0.2) is 9.59 Å². The van der Waals surface area contributed by atoms with Crippen LogP contribution in [0.3, 0.4) is 0 Å². The molecule has 3 rings (SSSR count). The van der Waals surface area contributed by atoms with Crippen molar-refractivity contribution in [1.82, 2.24) is 0 Å². The second-order valence-corrected chi connectivity index (χ2v) is 7.85. The third-order valence-electron chi connectivity index (χ3n) is 5.77. The van der Waals surface area contributed by atoms with Crippen molar-refractivity contribution in [3.8, 4) is 0 Å². The van der Waals surface area contributed by atoms with Crippen LogP contribution in [0.1, 0.15) is 89.9 Å². The average molecular weight is 368 g/mol. The zero-order chi connectivity index (χ0) is 18.2. The Morgan fingerprint density at radius 2 is 0.808 bits per heavy atom. The van der Waals surface area contributed by atoms with Crippen molar-refractivity contribution in [3.63, 3.8) is 0 Å². The number of rotatable bonds is 4. The van der Waals surface area contributed by atoms with Gasteiger partial charge in [0.15, 0.2) is 0 Å². The molecule has 3 saturated carbocycles. The Morgan fingerprint density at radius 3 is 1.19 bits per heavy atom. The lowest BCUT2D eigenvalue weighted by Gasteiger charge is -2.31. The SMILES string of the molecule is O=C(OC1CCCCC1)OC1CCCCC1OC(=O)OC1CCCCC1. The Balaban J connectivity index is 1.44. The fraction of sp³-hybridized carbons (Fsp3) is 0.900. The third kappa shape index (κ3) is 6.06. The van der Waals surface area contributed by atoms with Gasteiger partial charge in [0.25, 0.3) is 0 Å². The zero-order valence-corrected chi connectivity index (χ0v) is 15.7. The van der Waals surface area contributed by atoms with E-state index in [-0.39, 0.29) is 12.2 Å². The van der Waals surface area contributed by atoms with Gasteiger partial charge in [-0.15, -0.1) is 0 Å². The summed E-state index contributed by atoms with van der Waals surface area (Å²) in [5.74, 6) is 0. The van der Waals surface area contributed by atoms with E-state index >= 15 is 0 Å². The van der Waals surface area contributed by atoms with E-state index in [4.69, 9.17) is 18.9 Å². The minimum Gasteiger partial charge on any atom is -0.431 e. The molecule has 0 radical (unpaired) electrons. The summed E-state index contributed by atoms with van der Waals surface area (Å²) in [5, 5.41) is 0. The molecule has 0 N–H and O–H groups in total. The van der Waals surface area contributed by atoms with Gasteiger partial charge < -0.3 is 18.9 Å². The molecule has 0 spiro atoms. The highest BCUT2D eigenvalue weighted by molar-refractivity contribution is 5.61. The predicted molar refractivity (Wildman–Crippen MR) is 94.9 cm³/mol. The average Bonchev–Trinajstić information content (AvgIpc) is 2.65. The molecule has 0 saturated heterocycles. The molecule has 3 aliphatic carbocycles. The molecule has 0 aromatic rings. The van der Waals surface area contributed by atoms with Crippen LogP contribution in [0.15, 0.2) is 0 Å². The summed E-state index contributed by atoms with van der Waals surface area (Å²) in [7, 11) is 0.